The molecule has 2 heterocycles. The second-order valence-corrected chi connectivity index (χ2v) is 4.44. The van der Waals surface area contributed by atoms with Crippen LogP contribution in [0.2, 0.25) is 0 Å². The van der Waals surface area contributed by atoms with E-state index in [1.54, 1.807) is 9.80 Å². The van der Waals surface area contributed by atoms with Gasteiger partial charge in [-0.25, -0.2) is 0 Å². The Morgan fingerprint density at radius 3 is 2.62 bits per heavy atom. The van der Waals surface area contributed by atoms with E-state index in [-0.39, 0.29) is 24.3 Å². The van der Waals surface area contributed by atoms with E-state index in [9.17, 15) is 9.59 Å². The zero-order valence-corrected chi connectivity index (χ0v) is 9.65. The van der Waals surface area contributed by atoms with Crippen LogP contribution >= 0.6 is 0 Å². The van der Waals surface area contributed by atoms with Gasteiger partial charge in [-0.2, -0.15) is 0 Å². The lowest BCUT2D eigenvalue weighted by molar-refractivity contribution is -0.141. The Bertz CT molecular complexity index is 287. The Kier molecular flexibility index (Phi) is 3.43. The predicted octanol–water partition coefficient (Wildman–Crippen LogP) is -0.286. The van der Waals surface area contributed by atoms with Gasteiger partial charge in [0.1, 0.15) is 0 Å². The molecule has 0 unspecified atom stereocenters. The maximum atomic E-state index is 11.9. The molecule has 0 radical (unpaired) electrons. The normalized spacial score (nSPS) is 26.3. The summed E-state index contributed by atoms with van der Waals surface area (Å²) in [7, 11) is 0. The number of amides is 2. The number of hydrogen-bond acceptors (Lipinski definition) is 3. The number of likely N-dealkylation sites (tertiary alicyclic amines) is 1. The van der Waals surface area contributed by atoms with Crippen LogP contribution < -0.4 is 0 Å². The zero-order valence-electron chi connectivity index (χ0n) is 9.65. The minimum absolute atomic E-state index is 0.0470. The topological polar surface area (TPSA) is 49.9 Å². The van der Waals surface area contributed by atoms with Crippen molar-refractivity contribution in [1.29, 1.82) is 0 Å². The van der Waals surface area contributed by atoms with Crippen LogP contribution in [0.3, 0.4) is 0 Å². The molecule has 0 spiro atoms. The Morgan fingerprint density at radius 1 is 1.38 bits per heavy atom. The fraction of sp³-hybridized carbons (Fsp3) is 0.818. The zero-order chi connectivity index (χ0) is 11.5. The molecule has 0 N–H and O–H groups in total. The van der Waals surface area contributed by atoms with E-state index in [0.29, 0.717) is 26.3 Å². The summed E-state index contributed by atoms with van der Waals surface area (Å²) in [6, 6.07) is 0. The number of carbonyl (C=O) groups is 2. The fourth-order valence-corrected chi connectivity index (χ4v) is 2.13. The number of ether oxygens (including phenoxy) is 1. The van der Waals surface area contributed by atoms with Gasteiger partial charge in [-0.05, 0) is 6.42 Å². The van der Waals surface area contributed by atoms with E-state index in [2.05, 4.69) is 0 Å². The third kappa shape index (κ3) is 2.35. The summed E-state index contributed by atoms with van der Waals surface area (Å²) < 4.78 is 5.18. The van der Waals surface area contributed by atoms with Crippen molar-refractivity contribution in [2.45, 2.75) is 13.3 Å². The standard InChI is InChI=1S/C11H18N2O3/c1-9-2-3-13(11(9)15)8-10(14)12-4-6-16-7-5-12/h9H,2-8H2,1H3/t9-/m0/s1. The molecule has 0 aromatic heterocycles. The molecule has 2 rings (SSSR count). The van der Waals surface area contributed by atoms with Gasteiger partial charge in [0.05, 0.1) is 19.8 Å². The second kappa shape index (κ2) is 4.82. The number of morpholine rings is 1. The van der Waals surface area contributed by atoms with Crippen molar-refractivity contribution in [1.82, 2.24) is 9.80 Å². The summed E-state index contributed by atoms with van der Waals surface area (Å²) >= 11 is 0. The number of hydrogen-bond donors (Lipinski definition) is 0. The second-order valence-electron chi connectivity index (χ2n) is 4.44. The lowest BCUT2D eigenvalue weighted by Gasteiger charge is -2.28. The lowest BCUT2D eigenvalue weighted by Crippen LogP contribution is -2.46. The van der Waals surface area contributed by atoms with Crippen molar-refractivity contribution in [3.8, 4) is 0 Å². The fourth-order valence-electron chi connectivity index (χ4n) is 2.13. The van der Waals surface area contributed by atoms with Crippen molar-refractivity contribution in [3.05, 3.63) is 0 Å². The molecule has 0 aromatic carbocycles. The molecular weight excluding hydrogens is 208 g/mol. The highest BCUT2D eigenvalue weighted by molar-refractivity contribution is 5.87. The highest BCUT2D eigenvalue weighted by atomic mass is 16.5. The Hall–Kier alpha value is -1.10. The molecule has 2 saturated heterocycles. The Labute approximate surface area is 95.3 Å². The van der Waals surface area contributed by atoms with Crippen LogP contribution in [-0.4, -0.2) is 61.0 Å². The summed E-state index contributed by atoms with van der Waals surface area (Å²) in [5, 5.41) is 0. The van der Waals surface area contributed by atoms with Gasteiger partial charge in [-0.1, -0.05) is 6.92 Å². The molecule has 16 heavy (non-hydrogen) atoms. The van der Waals surface area contributed by atoms with E-state index in [1.165, 1.54) is 0 Å². The molecule has 5 heteroatoms. The molecule has 5 nitrogen and oxygen atoms in total. The van der Waals surface area contributed by atoms with Crippen molar-refractivity contribution in [3.63, 3.8) is 0 Å². The molecule has 0 aromatic rings. The molecule has 0 bridgehead atoms. The summed E-state index contributed by atoms with van der Waals surface area (Å²) in [6.07, 6.45) is 0.870. The van der Waals surface area contributed by atoms with Crippen molar-refractivity contribution in [2.24, 2.45) is 5.92 Å². The SMILES string of the molecule is C[C@H]1CCN(CC(=O)N2CCOCC2)C1=O. The van der Waals surface area contributed by atoms with E-state index in [0.717, 1.165) is 13.0 Å². The molecule has 2 amide bonds. The molecular formula is C11H18N2O3. The van der Waals surface area contributed by atoms with E-state index < -0.39 is 0 Å². The number of nitrogens with zero attached hydrogens (tertiary/aromatic N) is 2. The first-order valence-corrected chi connectivity index (χ1v) is 5.83. The molecule has 2 aliphatic heterocycles. The van der Waals surface area contributed by atoms with Crippen LogP contribution in [-0.2, 0) is 14.3 Å². The van der Waals surface area contributed by atoms with Gasteiger partial charge in [-0.3, -0.25) is 9.59 Å². The average Bonchev–Trinajstić information content (AvgIpc) is 2.62. The average molecular weight is 226 g/mol. The molecule has 2 aliphatic rings. The quantitative estimate of drug-likeness (QED) is 0.650. The first-order valence-electron chi connectivity index (χ1n) is 5.83. The van der Waals surface area contributed by atoms with Crippen molar-refractivity contribution in [2.75, 3.05) is 39.4 Å². The van der Waals surface area contributed by atoms with E-state index in [1.807, 2.05) is 6.92 Å². The minimum atomic E-state index is 0.0470. The van der Waals surface area contributed by atoms with Crippen molar-refractivity contribution < 1.29 is 14.3 Å². The Balaban J connectivity index is 1.84. The van der Waals surface area contributed by atoms with Crippen LogP contribution in [0.4, 0.5) is 0 Å². The van der Waals surface area contributed by atoms with Crippen molar-refractivity contribution >= 4 is 11.8 Å². The predicted molar refractivity (Wildman–Crippen MR) is 57.8 cm³/mol. The highest BCUT2D eigenvalue weighted by Gasteiger charge is 2.30. The molecule has 0 saturated carbocycles. The Morgan fingerprint density at radius 2 is 2.06 bits per heavy atom. The number of carbonyl (C=O) groups excluding carboxylic acids is 2. The van der Waals surface area contributed by atoms with Gasteiger partial charge in [0.25, 0.3) is 0 Å². The van der Waals surface area contributed by atoms with Gasteiger partial charge in [0, 0.05) is 25.6 Å². The van der Waals surface area contributed by atoms with Gasteiger partial charge in [0.15, 0.2) is 0 Å². The third-order valence-electron chi connectivity index (χ3n) is 3.26. The molecule has 2 fully saturated rings. The van der Waals surface area contributed by atoms with E-state index in [4.69, 9.17) is 4.74 Å². The van der Waals surface area contributed by atoms with Gasteiger partial charge in [0.2, 0.25) is 11.8 Å². The van der Waals surface area contributed by atoms with Crippen LogP contribution in [0.1, 0.15) is 13.3 Å². The van der Waals surface area contributed by atoms with E-state index >= 15 is 0 Å². The van der Waals surface area contributed by atoms with Gasteiger partial charge in [-0.15, -0.1) is 0 Å². The summed E-state index contributed by atoms with van der Waals surface area (Å²) in [6.45, 7) is 5.39. The van der Waals surface area contributed by atoms with Crippen LogP contribution in [0, 0.1) is 5.92 Å². The molecule has 0 aliphatic carbocycles. The maximum absolute atomic E-state index is 11.9. The maximum Gasteiger partial charge on any atom is 0.242 e. The van der Waals surface area contributed by atoms with Crippen LogP contribution in [0.15, 0.2) is 0 Å². The van der Waals surface area contributed by atoms with Gasteiger partial charge >= 0.3 is 0 Å². The molecule has 1 atom stereocenters. The summed E-state index contributed by atoms with van der Waals surface area (Å²) in [5.74, 6) is 0.241. The monoisotopic (exact) mass is 226 g/mol. The highest BCUT2D eigenvalue weighted by Crippen LogP contribution is 2.16. The smallest absolute Gasteiger partial charge is 0.242 e. The third-order valence-corrected chi connectivity index (χ3v) is 3.26. The largest absolute Gasteiger partial charge is 0.378 e. The molecule has 90 valence electrons. The first-order chi connectivity index (χ1) is 7.68. The van der Waals surface area contributed by atoms with Gasteiger partial charge < -0.3 is 14.5 Å². The number of rotatable bonds is 2. The minimum Gasteiger partial charge on any atom is -0.378 e. The summed E-state index contributed by atoms with van der Waals surface area (Å²) in [5.41, 5.74) is 0. The first kappa shape index (κ1) is 11.4. The lowest BCUT2D eigenvalue weighted by atomic mass is 10.1. The van der Waals surface area contributed by atoms with Crippen LogP contribution in [0.25, 0.3) is 0 Å². The van der Waals surface area contributed by atoms with Crippen LogP contribution in [0.5, 0.6) is 0 Å². The summed E-state index contributed by atoms with van der Waals surface area (Å²) in [4.78, 5) is 27.0.